The first kappa shape index (κ1) is 13.5. The smallest absolute Gasteiger partial charge is 0.267 e. The number of halogens is 2. The van der Waals surface area contributed by atoms with Crippen LogP contribution in [0.5, 0.6) is 0 Å². The summed E-state index contributed by atoms with van der Waals surface area (Å²) in [5.41, 5.74) is 0.0254. The molecule has 0 aliphatic rings. The van der Waals surface area contributed by atoms with Gasteiger partial charge in [-0.15, -0.1) is 0 Å². The van der Waals surface area contributed by atoms with Crippen molar-refractivity contribution in [3.05, 3.63) is 60.5 Å². The van der Waals surface area contributed by atoms with Gasteiger partial charge in [-0.05, 0) is 18.6 Å². The second-order valence-electron chi connectivity index (χ2n) is 3.80. The van der Waals surface area contributed by atoms with Crippen LogP contribution < -0.4 is 5.56 Å². The molecule has 0 radical (unpaired) electrons. The number of benzene rings is 1. The maximum Gasteiger partial charge on any atom is 0.290 e. The molecule has 0 amide bonds. The second-order valence-corrected chi connectivity index (χ2v) is 4.61. The lowest BCUT2D eigenvalue weighted by Gasteiger charge is -2.07. The number of nitro groups is 1. The molecule has 0 aliphatic carbocycles. The van der Waals surface area contributed by atoms with E-state index in [1.54, 1.807) is 6.92 Å². The summed E-state index contributed by atoms with van der Waals surface area (Å²) in [4.78, 5) is 22.0. The predicted octanol–water partition coefficient (Wildman–Crippen LogP) is 2.76. The van der Waals surface area contributed by atoms with Crippen molar-refractivity contribution >= 4 is 28.9 Å². The van der Waals surface area contributed by atoms with Crippen molar-refractivity contribution in [1.82, 2.24) is 9.78 Å². The van der Waals surface area contributed by atoms with Crippen molar-refractivity contribution in [3.8, 4) is 5.69 Å². The van der Waals surface area contributed by atoms with Crippen molar-refractivity contribution in [2.75, 3.05) is 0 Å². The van der Waals surface area contributed by atoms with Crippen molar-refractivity contribution < 1.29 is 4.92 Å². The van der Waals surface area contributed by atoms with E-state index in [0.717, 1.165) is 10.7 Å². The summed E-state index contributed by atoms with van der Waals surface area (Å²) in [5, 5.41) is 14.7. The first-order valence-electron chi connectivity index (χ1n) is 5.10. The molecule has 0 spiro atoms. The van der Waals surface area contributed by atoms with Gasteiger partial charge in [0, 0.05) is 12.1 Å². The standard InChI is InChI=1S/C11H7Cl2N3O3/c1-6-2-11(17)15(14-5-6)9-4-10(16(18)19)8(13)3-7(9)12/h2-5H,1H3. The Hall–Kier alpha value is -1.92. The Kier molecular flexibility index (Phi) is 3.55. The molecular weight excluding hydrogens is 293 g/mol. The molecule has 2 rings (SSSR count). The molecule has 0 aliphatic heterocycles. The number of hydrogen-bond donors (Lipinski definition) is 0. The zero-order valence-corrected chi connectivity index (χ0v) is 11.1. The van der Waals surface area contributed by atoms with Crippen LogP contribution in [0.3, 0.4) is 0 Å². The first-order chi connectivity index (χ1) is 8.90. The number of aromatic nitrogens is 2. The normalized spacial score (nSPS) is 10.5. The molecule has 19 heavy (non-hydrogen) atoms. The molecule has 0 unspecified atom stereocenters. The average Bonchev–Trinajstić information content (AvgIpc) is 2.30. The highest BCUT2D eigenvalue weighted by molar-refractivity contribution is 6.37. The fourth-order valence-corrected chi connectivity index (χ4v) is 2.04. The molecule has 8 heteroatoms. The van der Waals surface area contributed by atoms with E-state index in [1.165, 1.54) is 18.3 Å². The molecule has 1 aromatic heterocycles. The third-order valence-corrected chi connectivity index (χ3v) is 2.98. The van der Waals surface area contributed by atoms with E-state index in [-0.39, 0.29) is 21.4 Å². The molecule has 0 saturated heterocycles. The minimum absolute atomic E-state index is 0.0982. The number of aryl methyl sites for hydroxylation is 1. The van der Waals surface area contributed by atoms with Crippen LogP contribution >= 0.6 is 23.2 Å². The van der Waals surface area contributed by atoms with Gasteiger partial charge in [0.2, 0.25) is 0 Å². The third kappa shape index (κ3) is 2.59. The van der Waals surface area contributed by atoms with Crippen LogP contribution in [0.2, 0.25) is 10.0 Å². The zero-order chi connectivity index (χ0) is 14.2. The second kappa shape index (κ2) is 4.99. The Labute approximate surface area is 117 Å². The van der Waals surface area contributed by atoms with E-state index in [9.17, 15) is 14.9 Å². The van der Waals surface area contributed by atoms with Gasteiger partial charge in [-0.2, -0.15) is 9.78 Å². The molecule has 0 N–H and O–H groups in total. The minimum atomic E-state index is -0.651. The Bertz CT molecular complexity index is 728. The summed E-state index contributed by atoms with van der Waals surface area (Å²) in [6, 6.07) is 3.68. The summed E-state index contributed by atoms with van der Waals surface area (Å²) in [7, 11) is 0. The van der Waals surface area contributed by atoms with Gasteiger partial charge in [0.05, 0.1) is 21.8 Å². The Morgan fingerprint density at radius 2 is 1.95 bits per heavy atom. The van der Waals surface area contributed by atoms with E-state index >= 15 is 0 Å². The van der Waals surface area contributed by atoms with Gasteiger partial charge < -0.3 is 0 Å². The summed E-state index contributed by atoms with van der Waals surface area (Å²) in [6.45, 7) is 1.71. The average molecular weight is 300 g/mol. The molecule has 1 aromatic carbocycles. The van der Waals surface area contributed by atoms with Crippen LogP contribution in [0, 0.1) is 17.0 Å². The van der Waals surface area contributed by atoms with Crippen LogP contribution in [-0.2, 0) is 0 Å². The lowest BCUT2D eigenvalue weighted by atomic mass is 10.2. The highest BCUT2D eigenvalue weighted by atomic mass is 35.5. The summed E-state index contributed by atoms with van der Waals surface area (Å²) < 4.78 is 0.985. The van der Waals surface area contributed by atoms with E-state index in [1.807, 2.05) is 0 Å². The fraction of sp³-hybridized carbons (Fsp3) is 0.0909. The number of rotatable bonds is 2. The molecular formula is C11H7Cl2N3O3. The van der Waals surface area contributed by atoms with E-state index < -0.39 is 10.5 Å². The van der Waals surface area contributed by atoms with Crippen LogP contribution in [0.15, 0.2) is 29.2 Å². The maximum atomic E-state index is 11.8. The van der Waals surface area contributed by atoms with Gasteiger partial charge in [0.25, 0.3) is 11.2 Å². The number of nitrogens with zero attached hydrogens (tertiary/aromatic N) is 3. The van der Waals surface area contributed by atoms with E-state index in [2.05, 4.69) is 5.10 Å². The molecule has 98 valence electrons. The van der Waals surface area contributed by atoms with E-state index in [0.29, 0.717) is 5.56 Å². The molecule has 2 aromatic rings. The monoisotopic (exact) mass is 299 g/mol. The van der Waals surface area contributed by atoms with Gasteiger partial charge >= 0.3 is 0 Å². The molecule has 0 saturated carbocycles. The third-order valence-electron chi connectivity index (χ3n) is 2.38. The lowest BCUT2D eigenvalue weighted by Crippen LogP contribution is -2.20. The molecule has 1 heterocycles. The zero-order valence-electron chi connectivity index (χ0n) is 9.63. The molecule has 0 bridgehead atoms. The van der Waals surface area contributed by atoms with Crippen molar-refractivity contribution in [2.24, 2.45) is 0 Å². The summed E-state index contributed by atoms with van der Waals surface area (Å²) in [5.74, 6) is 0. The topological polar surface area (TPSA) is 78.0 Å². The number of hydrogen-bond acceptors (Lipinski definition) is 4. The van der Waals surface area contributed by atoms with Crippen LogP contribution in [-0.4, -0.2) is 14.7 Å². The quantitative estimate of drug-likeness (QED) is 0.631. The van der Waals surface area contributed by atoms with E-state index in [4.69, 9.17) is 23.2 Å². The van der Waals surface area contributed by atoms with Crippen molar-refractivity contribution in [1.29, 1.82) is 0 Å². The fourth-order valence-electron chi connectivity index (χ4n) is 1.51. The Morgan fingerprint density at radius 1 is 1.26 bits per heavy atom. The Morgan fingerprint density at radius 3 is 2.53 bits per heavy atom. The predicted molar refractivity (Wildman–Crippen MR) is 71.2 cm³/mol. The minimum Gasteiger partial charge on any atom is -0.267 e. The van der Waals surface area contributed by atoms with Gasteiger partial charge in [-0.3, -0.25) is 14.9 Å². The highest BCUT2D eigenvalue weighted by Gasteiger charge is 2.18. The van der Waals surface area contributed by atoms with Gasteiger partial charge in [0.1, 0.15) is 5.02 Å². The SMILES string of the molecule is Cc1cnn(-c2cc([N+](=O)[O-])c(Cl)cc2Cl)c(=O)c1. The lowest BCUT2D eigenvalue weighted by molar-refractivity contribution is -0.384. The number of nitro benzene ring substituents is 1. The molecule has 0 atom stereocenters. The summed E-state index contributed by atoms with van der Waals surface area (Å²) >= 11 is 11.7. The van der Waals surface area contributed by atoms with Crippen molar-refractivity contribution in [3.63, 3.8) is 0 Å². The van der Waals surface area contributed by atoms with Crippen LogP contribution in [0.4, 0.5) is 5.69 Å². The largest absolute Gasteiger partial charge is 0.290 e. The van der Waals surface area contributed by atoms with Crippen molar-refractivity contribution in [2.45, 2.75) is 6.92 Å². The van der Waals surface area contributed by atoms with Gasteiger partial charge in [0.15, 0.2) is 0 Å². The maximum absolute atomic E-state index is 11.8. The summed E-state index contributed by atoms with van der Waals surface area (Å²) in [6.07, 6.45) is 1.46. The first-order valence-corrected chi connectivity index (χ1v) is 5.85. The van der Waals surface area contributed by atoms with Crippen LogP contribution in [0.25, 0.3) is 5.69 Å². The Balaban J connectivity index is 2.72. The molecule has 0 fully saturated rings. The van der Waals surface area contributed by atoms with Crippen LogP contribution in [0.1, 0.15) is 5.56 Å². The highest BCUT2D eigenvalue weighted by Crippen LogP contribution is 2.31. The van der Waals surface area contributed by atoms with Gasteiger partial charge in [-0.25, -0.2) is 0 Å². The van der Waals surface area contributed by atoms with Gasteiger partial charge in [-0.1, -0.05) is 23.2 Å². The molecule has 6 nitrogen and oxygen atoms in total.